The number of nitrogens with one attached hydrogen (secondary N) is 1. The molecule has 0 bridgehead atoms. The SMILES string of the molecule is C=C(/C=C\NCCC)CC(=C)SC(=C)/C(C)=C(/C=O)N(C)CCC. The molecule has 0 aromatic heterocycles. The summed E-state index contributed by atoms with van der Waals surface area (Å²) in [6.07, 6.45) is 7.58. The molecule has 0 aromatic rings. The highest BCUT2D eigenvalue weighted by Gasteiger charge is 2.11. The maximum absolute atomic E-state index is 11.4. The van der Waals surface area contributed by atoms with Gasteiger partial charge in [-0.05, 0) is 48.1 Å². The van der Waals surface area contributed by atoms with Crippen LogP contribution in [0.1, 0.15) is 40.0 Å². The number of nitrogens with zero attached hydrogens (tertiary/aromatic N) is 1. The lowest BCUT2D eigenvalue weighted by Crippen LogP contribution is -2.21. The summed E-state index contributed by atoms with van der Waals surface area (Å²) in [5.41, 5.74) is 2.58. The number of allylic oxidation sites excluding steroid dienone is 5. The van der Waals surface area contributed by atoms with Crippen LogP contribution in [0.2, 0.25) is 0 Å². The molecule has 0 aliphatic heterocycles. The van der Waals surface area contributed by atoms with Crippen molar-refractivity contribution in [3.8, 4) is 0 Å². The molecule has 0 amide bonds. The van der Waals surface area contributed by atoms with Crippen LogP contribution in [0, 0.1) is 0 Å². The maximum atomic E-state index is 11.4. The summed E-state index contributed by atoms with van der Waals surface area (Å²) in [4.78, 5) is 15.2. The Kier molecular flexibility index (Phi) is 11.8. The van der Waals surface area contributed by atoms with E-state index >= 15 is 0 Å². The highest BCUT2D eigenvalue weighted by molar-refractivity contribution is 8.06. The minimum absolute atomic E-state index is 0.685. The van der Waals surface area contributed by atoms with Crippen molar-refractivity contribution >= 4 is 18.0 Å². The highest BCUT2D eigenvalue weighted by Crippen LogP contribution is 2.33. The van der Waals surface area contributed by atoms with E-state index in [1.165, 1.54) is 11.8 Å². The third-order valence-corrected chi connectivity index (χ3v) is 4.39. The molecular weight excluding hydrogens is 316 g/mol. The topological polar surface area (TPSA) is 32.3 Å². The van der Waals surface area contributed by atoms with Crippen LogP contribution in [0.25, 0.3) is 0 Å². The second-order valence-electron chi connectivity index (χ2n) is 5.74. The molecule has 0 aliphatic carbocycles. The van der Waals surface area contributed by atoms with Gasteiger partial charge in [-0.1, -0.05) is 45.3 Å². The first-order chi connectivity index (χ1) is 11.4. The van der Waals surface area contributed by atoms with Gasteiger partial charge in [0.05, 0.1) is 5.70 Å². The lowest BCUT2D eigenvalue weighted by molar-refractivity contribution is -0.106. The van der Waals surface area contributed by atoms with E-state index in [-0.39, 0.29) is 0 Å². The number of hydrogen-bond acceptors (Lipinski definition) is 4. The number of thioether (sulfide) groups is 1. The second-order valence-corrected chi connectivity index (χ2v) is 7.01. The Bertz CT molecular complexity index is 518. The van der Waals surface area contributed by atoms with E-state index in [2.05, 4.69) is 38.9 Å². The molecule has 24 heavy (non-hydrogen) atoms. The Balaban J connectivity index is 4.68. The summed E-state index contributed by atoms with van der Waals surface area (Å²) < 4.78 is 0. The molecule has 0 atom stereocenters. The van der Waals surface area contributed by atoms with Crippen molar-refractivity contribution in [2.24, 2.45) is 0 Å². The Labute approximate surface area is 152 Å². The molecular formula is C20H32N2OS. The van der Waals surface area contributed by atoms with Crippen molar-refractivity contribution in [1.82, 2.24) is 10.2 Å². The van der Waals surface area contributed by atoms with E-state index in [1.807, 2.05) is 31.1 Å². The van der Waals surface area contributed by atoms with E-state index < -0.39 is 0 Å². The maximum Gasteiger partial charge on any atom is 0.166 e. The van der Waals surface area contributed by atoms with E-state index in [4.69, 9.17) is 0 Å². The third kappa shape index (κ3) is 8.82. The molecule has 134 valence electrons. The van der Waals surface area contributed by atoms with Gasteiger partial charge in [0.2, 0.25) is 0 Å². The number of carbonyl (C=O) groups is 1. The van der Waals surface area contributed by atoms with Crippen molar-refractivity contribution in [3.63, 3.8) is 0 Å². The van der Waals surface area contributed by atoms with Crippen LogP contribution < -0.4 is 5.32 Å². The minimum atomic E-state index is 0.685. The Morgan fingerprint density at radius 3 is 2.42 bits per heavy atom. The van der Waals surface area contributed by atoms with Crippen molar-refractivity contribution in [2.75, 3.05) is 20.1 Å². The average molecular weight is 349 g/mol. The van der Waals surface area contributed by atoms with Crippen molar-refractivity contribution < 1.29 is 4.79 Å². The Hall–Kier alpha value is -1.68. The van der Waals surface area contributed by atoms with Gasteiger partial charge in [-0.15, -0.1) is 0 Å². The molecule has 0 saturated carbocycles. The Morgan fingerprint density at radius 2 is 1.88 bits per heavy atom. The fraction of sp³-hybridized carbons (Fsp3) is 0.450. The van der Waals surface area contributed by atoms with Crippen LogP contribution in [-0.2, 0) is 4.79 Å². The van der Waals surface area contributed by atoms with Gasteiger partial charge >= 0.3 is 0 Å². The number of hydrogen-bond donors (Lipinski definition) is 1. The standard InChI is InChI=1S/C20H32N2OS/c1-8-11-21-12-10-16(3)14-17(4)24-19(6)18(5)20(15-23)22(7)13-9-2/h10,12,15,21H,3-4,6,8-9,11,13-14H2,1-2,5,7H3/b12-10-,20-18-. The lowest BCUT2D eigenvalue weighted by Gasteiger charge is -2.21. The fourth-order valence-electron chi connectivity index (χ4n) is 2.07. The molecule has 4 heteroatoms. The first-order valence-electron chi connectivity index (χ1n) is 8.37. The number of likely N-dealkylation sites (N-methyl/N-ethyl adjacent to an activating group) is 1. The van der Waals surface area contributed by atoms with Crippen LogP contribution in [0.4, 0.5) is 0 Å². The molecule has 0 aliphatic rings. The summed E-state index contributed by atoms with van der Waals surface area (Å²) in [7, 11) is 1.93. The summed E-state index contributed by atoms with van der Waals surface area (Å²) >= 11 is 1.51. The molecule has 0 fully saturated rings. The first kappa shape index (κ1) is 22.3. The summed E-state index contributed by atoms with van der Waals surface area (Å²) in [6, 6.07) is 0. The number of aldehydes is 1. The molecule has 1 N–H and O–H groups in total. The second kappa shape index (κ2) is 12.7. The predicted molar refractivity (Wildman–Crippen MR) is 109 cm³/mol. The van der Waals surface area contributed by atoms with Gasteiger partial charge in [0.15, 0.2) is 6.29 Å². The summed E-state index contributed by atoms with van der Waals surface area (Å²) in [5.74, 6) is 0. The van der Waals surface area contributed by atoms with Crippen LogP contribution >= 0.6 is 11.8 Å². The molecule has 0 radical (unpaired) electrons. The zero-order valence-electron chi connectivity index (χ0n) is 15.7. The van der Waals surface area contributed by atoms with Crippen molar-refractivity contribution in [2.45, 2.75) is 40.0 Å². The molecule has 0 aromatic carbocycles. The van der Waals surface area contributed by atoms with Crippen LogP contribution in [0.15, 0.2) is 58.7 Å². The molecule has 0 unspecified atom stereocenters. The summed E-state index contributed by atoms with van der Waals surface area (Å²) in [5, 5.41) is 3.20. The molecule has 0 saturated heterocycles. The van der Waals surface area contributed by atoms with Gasteiger partial charge in [-0.3, -0.25) is 4.79 Å². The van der Waals surface area contributed by atoms with E-state index in [9.17, 15) is 4.79 Å². The third-order valence-electron chi connectivity index (χ3n) is 3.41. The largest absolute Gasteiger partial charge is 0.391 e. The van der Waals surface area contributed by atoms with Crippen LogP contribution in [0.5, 0.6) is 0 Å². The Morgan fingerprint density at radius 1 is 1.21 bits per heavy atom. The first-order valence-corrected chi connectivity index (χ1v) is 9.18. The van der Waals surface area contributed by atoms with Gasteiger partial charge in [0, 0.05) is 31.5 Å². The molecule has 3 nitrogen and oxygen atoms in total. The van der Waals surface area contributed by atoms with Crippen LogP contribution in [-0.4, -0.2) is 31.3 Å². The van der Waals surface area contributed by atoms with E-state index in [0.717, 1.165) is 53.2 Å². The highest BCUT2D eigenvalue weighted by atomic mass is 32.2. The number of rotatable bonds is 13. The van der Waals surface area contributed by atoms with E-state index in [0.29, 0.717) is 12.1 Å². The van der Waals surface area contributed by atoms with Crippen molar-refractivity contribution in [1.29, 1.82) is 0 Å². The van der Waals surface area contributed by atoms with E-state index in [1.54, 1.807) is 0 Å². The zero-order valence-corrected chi connectivity index (χ0v) is 16.5. The average Bonchev–Trinajstić information content (AvgIpc) is 2.52. The lowest BCUT2D eigenvalue weighted by atomic mass is 10.2. The molecule has 0 heterocycles. The molecule has 0 spiro atoms. The van der Waals surface area contributed by atoms with Gasteiger partial charge in [0.25, 0.3) is 0 Å². The van der Waals surface area contributed by atoms with Gasteiger partial charge < -0.3 is 10.2 Å². The smallest absolute Gasteiger partial charge is 0.166 e. The van der Waals surface area contributed by atoms with Gasteiger partial charge in [-0.2, -0.15) is 0 Å². The minimum Gasteiger partial charge on any atom is -0.391 e. The fourth-order valence-corrected chi connectivity index (χ4v) is 2.93. The van der Waals surface area contributed by atoms with Crippen LogP contribution in [0.3, 0.4) is 0 Å². The van der Waals surface area contributed by atoms with Gasteiger partial charge in [0.1, 0.15) is 0 Å². The monoisotopic (exact) mass is 348 g/mol. The van der Waals surface area contributed by atoms with Gasteiger partial charge in [-0.25, -0.2) is 0 Å². The normalized spacial score (nSPS) is 11.8. The van der Waals surface area contributed by atoms with Crippen molar-refractivity contribution in [3.05, 3.63) is 58.7 Å². The quantitative estimate of drug-likeness (QED) is 0.219. The zero-order chi connectivity index (χ0) is 18.5. The molecule has 0 rings (SSSR count). The summed E-state index contributed by atoms with van der Waals surface area (Å²) in [6.45, 7) is 20.2. The number of carbonyl (C=O) groups excluding carboxylic acids is 1. The predicted octanol–water partition coefficient (Wildman–Crippen LogP) is 5.02.